The fourth-order valence-electron chi connectivity index (χ4n) is 3.95. The van der Waals surface area contributed by atoms with Gasteiger partial charge >= 0.3 is 0 Å². The van der Waals surface area contributed by atoms with Crippen molar-refractivity contribution in [3.05, 3.63) is 54.6 Å². The monoisotopic (exact) mass is 423 g/mol. The summed E-state index contributed by atoms with van der Waals surface area (Å²) >= 11 is 0. The van der Waals surface area contributed by atoms with Gasteiger partial charge in [0.25, 0.3) is 5.91 Å². The van der Waals surface area contributed by atoms with E-state index in [0.717, 1.165) is 24.3 Å². The highest BCUT2D eigenvalue weighted by molar-refractivity contribution is 5.94. The third-order valence-electron chi connectivity index (χ3n) is 5.86. The number of rotatable bonds is 6. The second-order valence-corrected chi connectivity index (χ2v) is 7.97. The van der Waals surface area contributed by atoms with Crippen molar-refractivity contribution in [1.29, 1.82) is 0 Å². The van der Waals surface area contributed by atoms with E-state index >= 15 is 0 Å². The summed E-state index contributed by atoms with van der Waals surface area (Å²) in [5.41, 5.74) is 0.726. The Labute approximate surface area is 182 Å². The summed E-state index contributed by atoms with van der Waals surface area (Å²) in [5, 5.41) is 2.97. The van der Waals surface area contributed by atoms with Gasteiger partial charge in [0.2, 0.25) is 5.91 Å². The molecule has 2 atom stereocenters. The number of hydrogen-bond acceptors (Lipinski definition) is 5. The molecule has 7 heteroatoms. The molecule has 164 valence electrons. The Kier molecular flexibility index (Phi) is 6.84. The Balaban J connectivity index is 1.25. The Morgan fingerprint density at radius 2 is 1.68 bits per heavy atom. The number of para-hydroxylation sites is 1. The van der Waals surface area contributed by atoms with Crippen LogP contribution in [0.1, 0.15) is 19.8 Å². The average Bonchev–Trinajstić information content (AvgIpc) is 3.35. The van der Waals surface area contributed by atoms with E-state index in [1.54, 1.807) is 0 Å². The summed E-state index contributed by atoms with van der Waals surface area (Å²) in [7, 11) is 0. The van der Waals surface area contributed by atoms with Crippen LogP contribution in [0, 0.1) is 0 Å². The van der Waals surface area contributed by atoms with Crippen LogP contribution in [0.5, 0.6) is 11.5 Å². The zero-order valence-corrected chi connectivity index (χ0v) is 17.8. The van der Waals surface area contributed by atoms with Crippen LogP contribution >= 0.6 is 0 Å². The zero-order valence-electron chi connectivity index (χ0n) is 17.8. The first-order valence-corrected chi connectivity index (χ1v) is 10.9. The van der Waals surface area contributed by atoms with E-state index in [0.29, 0.717) is 38.5 Å². The van der Waals surface area contributed by atoms with Crippen molar-refractivity contribution in [3.8, 4) is 11.5 Å². The van der Waals surface area contributed by atoms with Crippen LogP contribution in [0.4, 0.5) is 5.69 Å². The van der Waals surface area contributed by atoms with Crippen LogP contribution in [0.3, 0.4) is 0 Å². The lowest BCUT2D eigenvalue weighted by molar-refractivity contribution is -0.143. The lowest BCUT2D eigenvalue weighted by Gasteiger charge is -2.38. The van der Waals surface area contributed by atoms with E-state index in [-0.39, 0.29) is 24.0 Å². The van der Waals surface area contributed by atoms with Gasteiger partial charge in [-0.05, 0) is 56.2 Å². The zero-order chi connectivity index (χ0) is 21.6. The molecule has 2 heterocycles. The molecule has 2 fully saturated rings. The second-order valence-electron chi connectivity index (χ2n) is 7.97. The number of nitrogens with zero attached hydrogens (tertiary/aromatic N) is 2. The molecule has 2 aliphatic heterocycles. The summed E-state index contributed by atoms with van der Waals surface area (Å²) < 4.78 is 11.3. The Bertz CT molecular complexity index is 873. The molecule has 4 rings (SSSR count). The molecule has 0 spiro atoms. The van der Waals surface area contributed by atoms with Gasteiger partial charge in [-0.25, -0.2) is 0 Å². The number of carbonyl (C=O) groups excluding carboxylic acids is 2. The molecule has 1 N–H and O–H groups in total. The smallest absolute Gasteiger partial charge is 0.251 e. The summed E-state index contributed by atoms with van der Waals surface area (Å²) in [6, 6.07) is 16.6. The third-order valence-corrected chi connectivity index (χ3v) is 5.86. The molecule has 0 aliphatic carbocycles. The van der Waals surface area contributed by atoms with E-state index in [9.17, 15) is 9.59 Å². The molecular weight excluding hydrogens is 394 g/mol. The minimum Gasteiger partial charge on any atom is -0.457 e. The van der Waals surface area contributed by atoms with Gasteiger partial charge < -0.3 is 19.7 Å². The SMILES string of the molecule is C[C@@H](C(=O)Nc1ccc(Oc2ccccc2)cc1)N1CCN(C(=O)[C@H]2CCCO2)CC1. The van der Waals surface area contributed by atoms with Gasteiger partial charge in [0.1, 0.15) is 17.6 Å². The molecule has 0 radical (unpaired) electrons. The van der Waals surface area contributed by atoms with E-state index in [1.807, 2.05) is 66.4 Å². The molecule has 2 aromatic carbocycles. The first-order valence-electron chi connectivity index (χ1n) is 10.9. The van der Waals surface area contributed by atoms with Gasteiger partial charge in [0.05, 0.1) is 6.04 Å². The number of amides is 2. The van der Waals surface area contributed by atoms with Crippen LogP contribution in [-0.2, 0) is 14.3 Å². The molecular formula is C24H29N3O4. The number of ether oxygens (including phenoxy) is 2. The molecule has 7 nitrogen and oxygen atoms in total. The Hall–Kier alpha value is -2.90. The summed E-state index contributed by atoms with van der Waals surface area (Å²) in [4.78, 5) is 29.2. The lowest BCUT2D eigenvalue weighted by Crippen LogP contribution is -2.55. The molecule has 0 bridgehead atoms. The first-order chi connectivity index (χ1) is 15.1. The summed E-state index contributed by atoms with van der Waals surface area (Å²) in [6.45, 7) is 5.18. The number of carbonyl (C=O) groups is 2. The number of nitrogens with one attached hydrogen (secondary N) is 1. The number of anilines is 1. The summed E-state index contributed by atoms with van der Waals surface area (Å²) in [6.07, 6.45) is 1.49. The number of benzene rings is 2. The van der Waals surface area contributed by atoms with Crippen molar-refractivity contribution in [2.24, 2.45) is 0 Å². The highest BCUT2D eigenvalue weighted by atomic mass is 16.5. The molecule has 0 saturated carbocycles. The van der Waals surface area contributed by atoms with Gasteiger partial charge in [-0.2, -0.15) is 0 Å². The molecule has 2 aliphatic rings. The summed E-state index contributed by atoms with van der Waals surface area (Å²) in [5.74, 6) is 1.51. The van der Waals surface area contributed by atoms with Crippen LogP contribution in [0.2, 0.25) is 0 Å². The van der Waals surface area contributed by atoms with Crippen LogP contribution in [0.15, 0.2) is 54.6 Å². The molecule has 2 aromatic rings. The van der Waals surface area contributed by atoms with Crippen molar-refractivity contribution in [1.82, 2.24) is 9.80 Å². The number of piperazine rings is 1. The minimum atomic E-state index is -0.278. The maximum absolute atomic E-state index is 12.7. The first kappa shape index (κ1) is 21.3. The van der Waals surface area contributed by atoms with Crippen molar-refractivity contribution in [2.75, 3.05) is 38.1 Å². The largest absolute Gasteiger partial charge is 0.457 e. The van der Waals surface area contributed by atoms with E-state index in [1.165, 1.54) is 0 Å². The minimum absolute atomic E-state index is 0.0596. The van der Waals surface area contributed by atoms with E-state index in [2.05, 4.69) is 10.2 Å². The Morgan fingerprint density at radius 3 is 2.32 bits per heavy atom. The molecule has 0 aromatic heterocycles. The lowest BCUT2D eigenvalue weighted by atomic mass is 10.1. The van der Waals surface area contributed by atoms with Crippen LogP contribution in [0.25, 0.3) is 0 Å². The van der Waals surface area contributed by atoms with Crippen molar-refractivity contribution >= 4 is 17.5 Å². The van der Waals surface area contributed by atoms with E-state index in [4.69, 9.17) is 9.47 Å². The van der Waals surface area contributed by atoms with Crippen LogP contribution < -0.4 is 10.1 Å². The molecule has 2 amide bonds. The Morgan fingerprint density at radius 1 is 1.00 bits per heavy atom. The van der Waals surface area contributed by atoms with Crippen LogP contribution in [-0.4, -0.2) is 66.5 Å². The van der Waals surface area contributed by atoms with Gasteiger partial charge in [-0.15, -0.1) is 0 Å². The maximum atomic E-state index is 12.7. The van der Waals surface area contributed by atoms with Crippen molar-refractivity contribution < 1.29 is 19.1 Å². The maximum Gasteiger partial charge on any atom is 0.251 e. The average molecular weight is 424 g/mol. The molecule has 2 saturated heterocycles. The quantitative estimate of drug-likeness (QED) is 0.773. The number of hydrogen-bond donors (Lipinski definition) is 1. The molecule has 0 unspecified atom stereocenters. The van der Waals surface area contributed by atoms with Gasteiger partial charge in [-0.1, -0.05) is 18.2 Å². The molecule has 31 heavy (non-hydrogen) atoms. The second kappa shape index (κ2) is 9.94. The predicted molar refractivity (Wildman–Crippen MR) is 118 cm³/mol. The normalized spacial score (nSPS) is 20.3. The fourth-order valence-corrected chi connectivity index (χ4v) is 3.95. The highest BCUT2D eigenvalue weighted by Crippen LogP contribution is 2.23. The fraction of sp³-hybridized carbons (Fsp3) is 0.417. The van der Waals surface area contributed by atoms with Gasteiger partial charge in [0, 0.05) is 38.5 Å². The predicted octanol–water partition coefficient (Wildman–Crippen LogP) is 3.13. The van der Waals surface area contributed by atoms with E-state index < -0.39 is 0 Å². The van der Waals surface area contributed by atoms with Crippen molar-refractivity contribution in [3.63, 3.8) is 0 Å². The van der Waals surface area contributed by atoms with Gasteiger partial charge in [0.15, 0.2) is 0 Å². The van der Waals surface area contributed by atoms with Gasteiger partial charge in [-0.3, -0.25) is 14.5 Å². The third kappa shape index (κ3) is 5.42. The topological polar surface area (TPSA) is 71.1 Å². The standard InChI is InChI=1S/C24H29N3O4/c1-18(26-13-15-27(16-14-26)24(29)22-8-5-17-30-22)23(28)25-19-9-11-21(12-10-19)31-20-6-3-2-4-7-20/h2-4,6-7,9-12,18,22H,5,8,13-17H2,1H3,(H,25,28)/t18-,22+/m0/s1. The van der Waals surface area contributed by atoms with Crippen molar-refractivity contribution in [2.45, 2.75) is 31.9 Å². The highest BCUT2D eigenvalue weighted by Gasteiger charge is 2.32.